The van der Waals surface area contributed by atoms with E-state index in [0.717, 1.165) is 11.1 Å². The topological polar surface area (TPSA) is 66.9 Å². The molecule has 150 valence electrons. The first-order chi connectivity index (χ1) is 12.7. The molecule has 0 aliphatic carbocycles. The molecule has 27 heavy (non-hydrogen) atoms. The Morgan fingerprint density at radius 3 is 2.41 bits per heavy atom. The molecule has 1 amide bonds. The van der Waals surface area contributed by atoms with Crippen LogP contribution in [0.1, 0.15) is 37.8 Å². The van der Waals surface area contributed by atoms with Crippen molar-refractivity contribution in [2.45, 2.75) is 57.6 Å². The molecule has 0 radical (unpaired) electrons. The largest absolute Gasteiger partial charge is 0.375 e. The van der Waals surface area contributed by atoms with E-state index >= 15 is 0 Å². The molecule has 7 heteroatoms. The van der Waals surface area contributed by atoms with Crippen molar-refractivity contribution in [2.75, 3.05) is 26.2 Å². The smallest absolute Gasteiger partial charge is 0.243 e. The highest BCUT2D eigenvalue weighted by molar-refractivity contribution is 7.89. The zero-order valence-electron chi connectivity index (χ0n) is 16.6. The van der Waals surface area contributed by atoms with Gasteiger partial charge < -0.3 is 9.64 Å². The molecule has 0 N–H and O–H groups in total. The number of carbonyl (C=O) groups is 1. The molecular formula is C20H30N2O4S. The van der Waals surface area contributed by atoms with Crippen molar-refractivity contribution < 1.29 is 17.9 Å². The molecule has 1 aromatic rings. The van der Waals surface area contributed by atoms with Gasteiger partial charge in [-0.3, -0.25) is 4.79 Å². The van der Waals surface area contributed by atoms with E-state index in [1.807, 2.05) is 38.7 Å². The third kappa shape index (κ3) is 4.20. The maximum atomic E-state index is 12.9. The highest BCUT2D eigenvalue weighted by atomic mass is 32.2. The highest BCUT2D eigenvalue weighted by Gasteiger charge is 2.36. The van der Waals surface area contributed by atoms with Crippen LogP contribution >= 0.6 is 0 Å². The molecule has 6 nitrogen and oxygen atoms in total. The van der Waals surface area contributed by atoms with Crippen molar-refractivity contribution in [1.29, 1.82) is 0 Å². The van der Waals surface area contributed by atoms with Gasteiger partial charge in [-0.05, 0) is 63.8 Å². The number of aryl methyl sites for hydroxylation is 2. The number of amides is 1. The molecule has 2 aliphatic rings. The maximum absolute atomic E-state index is 12.9. The molecule has 2 fully saturated rings. The van der Waals surface area contributed by atoms with Crippen LogP contribution < -0.4 is 0 Å². The second-order valence-corrected chi connectivity index (χ2v) is 9.85. The molecule has 3 rings (SSSR count). The molecule has 2 heterocycles. The normalized spacial score (nSPS) is 25.6. The first-order valence-corrected chi connectivity index (χ1v) is 11.1. The molecule has 0 saturated carbocycles. The lowest BCUT2D eigenvalue weighted by Gasteiger charge is -2.40. The average Bonchev–Trinajstić information content (AvgIpc) is 2.65. The Kier molecular flexibility index (Phi) is 5.93. The number of hydrogen-bond donors (Lipinski definition) is 0. The Hall–Kier alpha value is -1.44. The van der Waals surface area contributed by atoms with Gasteiger partial charge in [-0.1, -0.05) is 6.07 Å². The second-order valence-electron chi connectivity index (χ2n) is 7.91. The number of nitrogens with zero attached hydrogens (tertiary/aromatic N) is 2. The standard InChI is InChI=1S/C20H30N2O4S/c1-14-5-6-19(11-15(14)2)27(24,25)21-9-7-18(8-10-21)20(23)22-12-17(4)26-13-16(22)3/h5-6,11,16-18H,7-10,12-13H2,1-4H3. The van der Waals surface area contributed by atoms with E-state index in [9.17, 15) is 13.2 Å². The van der Waals surface area contributed by atoms with Gasteiger partial charge in [-0.15, -0.1) is 0 Å². The van der Waals surface area contributed by atoms with Crippen LogP contribution in [0, 0.1) is 19.8 Å². The number of hydrogen-bond acceptors (Lipinski definition) is 4. The third-order valence-corrected chi connectivity index (χ3v) is 7.70. The van der Waals surface area contributed by atoms with Gasteiger partial charge in [0.25, 0.3) is 0 Å². The molecule has 2 unspecified atom stereocenters. The lowest BCUT2D eigenvalue weighted by molar-refractivity contribution is -0.148. The number of morpholine rings is 1. The number of ether oxygens (including phenoxy) is 1. The summed E-state index contributed by atoms with van der Waals surface area (Å²) in [6.45, 7) is 9.82. The van der Waals surface area contributed by atoms with Crippen LogP contribution in [0.25, 0.3) is 0 Å². The van der Waals surface area contributed by atoms with Crippen molar-refractivity contribution in [2.24, 2.45) is 5.92 Å². The van der Waals surface area contributed by atoms with E-state index in [2.05, 4.69) is 0 Å². The van der Waals surface area contributed by atoms with E-state index in [0.29, 0.717) is 44.0 Å². The first kappa shape index (κ1) is 20.3. The summed E-state index contributed by atoms with van der Waals surface area (Å²) in [4.78, 5) is 15.2. The quantitative estimate of drug-likeness (QED) is 0.789. The van der Waals surface area contributed by atoms with Crippen molar-refractivity contribution in [3.05, 3.63) is 29.3 Å². The fraction of sp³-hybridized carbons (Fsp3) is 0.650. The van der Waals surface area contributed by atoms with Crippen LogP contribution in [0.3, 0.4) is 0 Å². The number of sulfonamides is 1. The maximum Gasteiger partial charge on any atom is 0.243 e. The second kappa shape index (κ2) is 7.89. The van der Waals surface area contributed by atoms with Crippen LogP contribution in [0.2, 0.25) is 0 Å². The zero-order valence-corrected chi connectivity index (χ0v) is 17.5. The molecule has 2 atom stereocenters. The van der Waals surface area contributed by atoms with E-state index in [1.165, 1.54) is 4.31 Å². The summed E-state index contributed by atoms with van der Waals surface area (Å²) < 4.78 is 33.0. The monoisotopic (exact) mass is 394 g/mol. The van der Waals surface area contributed by atoms with Gasteiger partial charge in [0.15, 0.2) is 0 Å². The predicted octanol–water partition coefficient (Wildman–Crippen LogP) is 2.34. The zero-order chi connectivity index (χ0) is 19.8. The van der Waals surface area contributed by atoms with Gasteiger partial charge in [-0.2, -0.15) is 4.31 Å². The summed E-state index contributed by atoms with van der Waals surface area (Å²) in [5, 5.41) is 0. The fourth-order valence-corrected chi connectivity index (χ4v) is 5.37. The summed E-state index contributed by atoms with van der Waals surface area (Å²) in [6, 6.07) is 5.33. The Bertz CT molecular complexity index is 800. The lowest BCUT2D eigenvalue weighted by Crippen LogP contribution is -2.53. The Morgan fingerprint density at radius 1 is 1.11 bits per heavy atom. The van der Waals surface area contributed by atoms with Crippen molar-refractivity contribution in [1.82, 2.24) is 9.21 Å². The molecule has 2 aliphatic heterocycles. The number of piperidine rings is 1. The minimum Gasteiger partial charge on any atom is -0.375 e. The first-order valence-electron chi connectivity index (χ1n) is 9.69. The Labute approximate surface area is 162 Å². The fourth-order valence-electron chi connectivity index (χ4n) is 3.81. The number of rotatable bonds is 3. The molecule has 1 aromatic carbocycles. The summed E-state index contributed by atoms with van der Waals surface area (Å²) in [5.41, 5.74) is 2.05. The van der Waals surface area contributed by atoms with Gasteiger partial charge in [-0.25, -0.2) is 8.42 Å². The van der Waals surface area contributed by atoms with Crippen LogP contribution in [-0.2, 0) is 19.6 Å². The highest BCUT2D eigenvalue weighted by Crippen LogP contribution is 2.27. The van der Waals surface area contributed by atoms with Gasteiger partial charge in [0.1, 0.15) is 0 Å². The van der Waals surface area contributed by atoms with E-state index in [-0.39, 0.29) is 24.0 Å². The van der Waals surface area contributed by atoms with Gasteiger partial charge in [0.2, 0.25) is 15.9 Å². The third-order valence-electron chi connectivity index (χ3n) is 5.81. The molecular weight excluding hydrogens is 364 g/mol. The summed E-state index contributed by atoms with van der Waals surface area (Å²) in [7, 11) is -3.51. The molecule has 0 aromatic heterocycles. The Balaban J connectivity index is 1.65. The lowest BCUT2D eigenvalue weighted by atomic mass is 9.95. The Morgan fingerprint density at radius 2 is 1.78 bits per heavy atom. The van der Waals surface area contributed by atoms with E-state index in [4.69, 9.17) is 4.74 Å². The van der Waals surface area contributed by atoms with Gasteiger partial charge >= 0.3 is 0 Å². The van der Waals surface area contributed by atoms with Crippen molar-refractivity contribution in [3.63, 3.8) is 0 Å². The van der Waals surface area contributed by atoms with Crippen LogP contribution in [0.15, 0.2) is 23.1 Å². The minimum atomic E-state index is -3.51. The molecule has 0 bridgehead atoms. The van der Waals surface area contributed by atoms with Crippen LogP contribution in [0.5, 0.6) is 0 Å². The minimum absolute atomic E-state index is 0.0513. The van der Waals surface area contributed by atoms with Crippen LogP contribution in [0.4, 0.5) is 0 Å². The molecule has 0 spiro atoms. The summed E-state index contributed by atoms with van der Waals surface area (Å²) in [5.74, 6) is 0.0323. The van der Waals surface area contributed by atoms with Gasteiger partial charge in [0, 0.05) is 25.6 Å². The van der Waals surface area contributed by atoms with Crippen molar-refractivity contribution in [3.8, 4) is 0 Å². The van der Waals surface area contributed by atoms with E-state index in [1.54, 1.807) is 12.1 Å². The van der Waals surface area contributed by atoms with Gasteiger partial charge in [0.05, 0.1) is 23.6 Å². The summed E-state index contributed by atoms with van der Waals surface area (Å²) in [6.07, 6.45) is 1.19. The predicted molar refractivity (Wildman–Crippen MR) is 104 cm³/mol. The number of carbonyl (C=O) groups excluding carboxylic acids is 1. The molecule has 2 saturated heterocycles. The van der Waals surface area contributed by atoms with Crippen LogP contribution in [-0.4, -0.2) is 61.9 Å². The SMILES string of the molecule is Cc1ccc(S(=O)(=O)N2CCC(C(=O)N3CC(C)OCC3C)CC2)cc1C. The summed E-state index contributed by atoms with van der Waals surface area (Å²) >= 11 is 0. The van der Waals surface area contributed by atoms with E-state index < -0.39 is 10.0 Å². The number of benzene rings is 1. The van der Waals surface area contributed by atoms with Crippen molar-refractivity contribution >= 4 is 15.9 Å². The average molecular weight is 395 g/mol.